The Kier molecular flexibility index (Phi) is 12.6. The molecule has 1 aromatic heterocycles. The van der Waals surface area contributed by atoms with Gasteiger partial charge in [0.05, 0.1) is 25.9 Å². The number of carbonyl (C=O) groups excluding carboxylic acids is 3. The Morgan fingerprint density at radius 3 is 2.55 bits per heavy atom. The van der Waals surface area contributed by atoms with Crippen molar-refractivity contribution in [1.29, 1.82) is 0 Å². The molecule has 1 aliphatic carbocycles. The lowest BCUT2D eigenvalue weighted by atomic mass is 9.47. The molecule has 6 heterocycles. The lowest BCUT2D eigenvalue weighted by molar-refractivity contribution is -0.203. The van der Waals surface area contributed by atoms with Crippen LogP contribution in [-0.2, 0) is 36.3 Å². The smallest absolute Gasteiger partial charge is 0.426 e. The van der Waals surface area contributed by atoms with Crippen molar-refractivity contribution in [3.8, 4) is 5.75 Å². The standard InChI is InChI=1S/C49H64N6O9S2/c1-7-45(60)26-30-27-48(43(58)63-6,38-32(16-20-53(28-30)29-45)31-14-11-12-15-35(31)50-38)34-24-33-36(25-37(34)62-5)55(9-3)40-47(33)18-21-54-19-13-17-46(8-2,39(47)54)41(56)49(40,61)42(57)51-52-44(59)64-22-23-66-65-10-4/h9,11-15,17,24-25,30,39-41,50,56,60-61H,3,7-8,10,16,18-23,26-29H2,1-2,4-6H3,(H,51,57)(H,52,59)/t30?,39-,40+,41+,45-,46+,47+,48-,49-/m0/s1. The van der Waals surface area contributed by atoms with Crippen LogP contribution in [0.3, 0.4) is 0 Å². The number of aromatic amines is 1. The topological polar surface area (TPSA) is 189 Å². The molecule has 2 aromatic carbocycles. The second kappa shape index (κ2) is 17.7. The fraction of sp³-hybridized carbons (Fsp3) is 0.571. The minimum absolute atomic E-state index is 0.106. The number of H-pyrrole nitrogens is 1. The van der Waals surface area contributed by atoms with Crippen LogP contribution < -0.4 is 20.5 Å². The van der Waals surface area contributed by atoms with Crippen LogP contribution in [-0.4, -0.2) is 143 Å². The number of para-hydroxylation sites is 1. The van der Waals surface area contributed by atoms with Crippen LogP contribution in [0.5, 0.6) is 5.75 Å². The molecule has 3 fully saturated rings. The van der Waals surface area contributed by atoms with Gasteiger partial charge in [-0.2, -0.15) is 0 Å². The van der Waals surface area contributed by atoms with Crippen LogP contribution in [0.4, 0.5) is 10.5 Å². The van der Waals surface area contributed by atoms with Gasteiger partial charge in [0, 0.05) is 88.5 Å². The summed E-state index contributed by atoms with van der Waals surface area (Å²) in [5.41, 5.74) is 2.10. The van der Waals surface area contributed by atoms with E-state index in [0.717, 1.165) is 27.8 Å². The zero-order valence-electron chi connectivity index (χ0n) is 38.6. The largest absolute Gasteiger partial charge is 0.496 e. The predicted octanol–water partition coefficient (Wildman–Crippen LogP) is 4.92. The van der Waals surface area contributed by atoms with E-state index in [1.54, 1.807) is 39.8 Å². The molecular formula is C49H64N6O9S2. The quantitative estimate of drug-likeness (QED) is 0.0472. The number of anilines is 1. The van der Waals surface area contributed by atoms with Gasteiger partial charge in [-0.3, -0.25) is 24.8 Å². The van der Waals surface area contributed by atoms with E-state index < -0.39 is 63.6 Å². The van der Waals surface area contributed by atoms with E-state index in [1.165, 1.54) is 7.11 Å². The average Bonchev–Trinajstić information content (AvgIpc) is 4.00. The molecule has 17 heteroatoms. The number of nitrogens with zero attached hydrogens (tertiary/aromatic N) is 3. The van der Waals surface area contributed by atoms with E-state index in [1.807, 2.05) is 63.3 Å². The number of esters is 1. The van der Waals surface area contributed by atoms with Crippen LogP contribution in [0.25, 0.3) is 10.9 Å². The van der Waals surface area contributed by atoms with Gasteiger partial charge in [0.2, 0.25) is 0 Å². The number of hydrogen-bond donors (Lipinski definition) is 6. The summed E-state index contributed by atoms with van der Waals surface area (Å²) in [5.74, 6) is 0.220. The number of ether oxygens (including phenoxy) is 3. The third kappa shape index (κ3) is 6.84. The van der Waals surface area contributed by atoms with Crippen molar-refractivity contribution in [2.75, 3.05) is 70.0 Å². The minimum atomic E-state index is -2.55. The second-order valence-electron chi connectivity index (χ2n) is 19.0. The molecule has 15 nitrogen and oxygen atoms in total. The number of methoxy groups -OCH3 is 2. The van der Waals surface area contributed by atoms with E-state index in [4.69, 9.17) is 14.2 Å². The number of hydrazine groups is 1. The number of piperidine rings is 1. The number of fused-ring (bicyclic) bond motifs is 6. The van der Waals surface area contributed by atoms with Gasteiger partial charge in [0.1, 0.15) is 23.9 Å². The molecule has 10 atom stereocenters. The molecule has 1 spiro atoms. The highest BCUT2D eigenvalue weighted by Gasteiger charge is 2.79. The van der Waals surface area contributed by atoms with Crippen molar-refractivity contribution < 1.29 is 43.9 Å². The van der Waals surface area contributed by atoms with E-state index in [2.05, 4.69) is 38.3 Å². The number of amides is 2. The molecule has 2 amide bonds. The van der Waals surface area contributed by atoms with E-state index in [-0.39, 0.29) is 18.9 Å². The number of carbonyl (C=O) groups is 3. The Bertz CT molecular complexity index is 2430. The number of aromatic nitrogens is 1. The Morgan fingerprint density at radius 1 is 1.02 bits per heavy atom. The zero-order chi connectivity index (χ0) is 46.8. The SMILES string of the molecule is C=CN1c2cc(OC)c([C@@]3(C(=O)OC)CC4CN(CCc5c3[nH]c3ccccc53)C[C@](O)(CC)C4)cc2[C@@]23CCN4CC=C[C@@](CC)([C@@H](O)[C@](O)(C(=O)NNC(=O)OCCSSCC)[C@H]12)[C@H]43. The number of hydrogen-bond acceptors (Lipinski definition) is 14. The van der Waals surface area contributed by atoms with Gasteiger partial charge < -0.3 is 39.4 Å². The maximum atomic E-state index is 15.4. The first-order valence-corrected chi connectivity index (χ1v) is 25.8. The number of benzene rings is 2. The molecule has 5 aliphatic heterocycles. The monoisotopic (exact) mass is 944 g/mol. The van der Waals surface area contributed by atoms with E-state index in [9.17, 15) is 24.9 Å². The van der Waals surface area contributed by atoms with Gasteiger partial charge in [-0.1, -0.05) is 79.3 Å². The summed E-state index contributed by atoms with van der Waals surface area (Å²) in [6, 6.07) is 10.4. The highest BCUT2D eigenvalue weighted by atomic mass is 33.1. The Labute approximate surface area is 394 Å². The molecule has 2 saturated heterocycles. The lowest BCUT2D eigenvalue weighted by Gasteiger charge is -2.63. The van der Waals surface area contributed by atoms with Crippen LogP contribution in [0.15, 0.2) is 61.3 Å². The van der Waals surface area contributed by atoms with Crippen LogP contribution in [0.1, 0.15) is 75.3 Å². The molecule has 1 saturated carbocycles. The van der Waals surface area contributed by atoms with Crippen molar-refractivity contribution in [3.05, 3.63) is 83.7 Å². The normalized spacial score (nSPS) is 34.2. The van der Waals surface area contributed by atoms with Crippen molar-refractivity contribution >= 4 is 56.1 Å². The predicted molar refractivity (Wildman–Crippen MR) is 256 cm³/mol. The first kappa shape index (κ1) is 46.9. The highest BCUT2D eigenvalue weighted by Crippen LogP contribution is 2.68. The van der Waals surface area contributed by atoms with Gasteiger partial charge >= 0.3 is 12.1 Å². The Balaban J connectivity index is 1.26. The zero-order valence-corrected chi connectivity index (χ0v) is 40.2. The number of aliphatic hydroxyl groups is 3. The molecule has 6 N–H and O–H groups in total. The van der Waals surface area contributed by atoms with E-state index >= 15 is 4.79 Å². The lowest BCUT2D eigenvalue weighted by Crippen LogP contribution is -2.82. The average molecular weight is 945 g/mol. The third-order valence-electron chi connectivity index (χ3n) is 16.1. The van der Waals surface area contributed by atoms with Gasteiger partial charge in [0.25, 0.3) is 5.91 Å². The van der Waals surface area contributed by atoms with Crippen molar-refractivity contribution in [2.45, 2.75) is 99.5 Å². The summed E-state index contributed by atoms with van der Waals surface area (Å²) in [6.45, 7) is 13.4. The van der Waals surface area contributed by atoms with Gasteiger partial charge in [0.15, 0.2) is 5.60 Å². The van der Waals surface area contributed by atoms with Gasteiger partial charge in [-0.25, -0.2) is 10.2 Å². The van der Waals surface area contributed by atoms with Crippen LogP contribution in [0, 0.1) is 11.3 Å². The molecular weight excluding hydrogens is 881 g/mol. The molecule has 6 aliphatic rings. The second-order valence-corrected chi connectivity index (χ2v) is 21.9. The number of rotatable bonds is 12. The van der Waals surface area contributed by atoms with Crippen molar-refractivity contribution in [1.82, 2.24) is 25.6 Å². The molecule has 2 bridgehead atoms. The summed E-state index contributed by atoms with van der Waals surface area (Å²) in [4.78, 5) is 53.5. The van der Waals surface area contributed by atoms with Crippen LogP contribution in [0.2, 0.25) is 0 Å². The van der Waals surface area contributed by atoms with Crippen molar-refractivity contribution in [3.63, 3.8) is 0 Å². The fourth-order valence-corrected chi connectivity index (χ4v) is 15.0. The first-order valence-electron chi connectivity index (χ1n) is 23.3. The van der Waals surface area contributed by atoms with E-state index in [0.29, 0.717) is 93.3 Å². The maximum absolute atomic E-state index is 15.4. The first-order chi connectivity index (χ1) is 31.8. The molecule has 3 aromatic rings. The summed E-state index contributed by atoms with van der Waals surface area (Å²) in [6.07, 6.45) is 5.77. The number of aliphatic hydroxyl groups excluding tert-OH is 1. The molecule has 356 valence electrons. The molecule has 66 heavy (non-hydrogen) atoms. The van der Waals surface area contributed by atoms with Gasteiger partial charge in [-0.15, -0.1) is 0 Å². The Morgan fingerprint density at radius 2 is 1.82 bits per heavy atom. The van der Waals surface area contributed by atoms with Crippen molar-refractivity contribution in [2.24, 2.45) is 11.3 Å². The van der Waals surface area contributed by atoms with Crippen LogP contribution >= 0.6 is 21.6 Å². The molecule has 0 radical (unpaired) electrons. The highest BCUT2D eigenvalue weighted by molar-refractivity contribution is 8.76. The number of nitrogens with one attached hydrogen (secondary N) is 3. The Hall–Kier alpha value is -4.23. The maximum Gasteiger partial charge on any atom is 0.426 e. The van der Waals surface area contributed by atoms with Gasteiger partial charge in [-0.05, 0) is 80.4 Å². The summed E-state index contributed by atoms with van der Waals surface area (Å²) in [5, 5.41) is 39.3. The third-order valence-corrected chi connectivity index (χ3v) is 18.5. The molecule has 2 unspecified atom stereocenters. The summed E-state index contributed by atoms with van der Waals surface area (Å²) < 4.78 is 17.7. The summed E-state index contributed by atoms with van der Waals surface area (Å²) >= 11 is 0. The minimum Gasteiger partial charge on any atom is -0.496 e. The fourth-order valence-electron chi connectivity index (χ4n) is 13.5. The molecule has 9 rings (SSSR count). The summed E-state index contributed by atoms with van der Waals surface area (Å²) in [7, 11) is 6.19.